The van der Waals surface area contributed by atoms with Crippen LogP contribution in [0.4, 0.5) is 0 Å². The number of hydrogen-bond acceptors (Lipinski definition) is 3. The molecule has 2 heterocycles. The number of carbonyl (C=O) groups is 1. The molecule has 1 amide bonds. The maximum absolute atomic E-state index is 12.3. The first-order valence-electron chi connectivity index (χ1n) is 7.87. The average Bonchev–Trinajstić information content (AvgIpc) is 2.92. The fraction of sp³-hybridized carbons (Fsp3) is 0.933. The maximum atomic E-state index is 12.3. The van der Waals surface area contributed by atoms with E-state index in [1.807, 2.05) is 4.90 Å². The quantitative estimate of drug-likeness (QED) is 0.795. The Morgan fingerprint density at radius 3 is 2.58 bits per heavy atom. The molecule has 0 spiro atoms. The molecule has 4 heteroatoms. The Morgan fingerprint density at radius 1 is 1.26 bits per heavy atom. The fourth-order valence-corrected chi connectivity index (χ4v) is 3.26. The zero-order valence-electron chi connectivity index (χ0n) is 12.7. The summed E-state index contributed by atoms with van der Waals surface area (Å²) in [5, 5.41) is 3.43. The number of hydrogen-bond donors (Lipinski definition) is 1. The molecule has 2 atom stereocenters. The van der Waals surface area contributed by atoms with Crippen molar-refractivity contribution in [1.29, 1.82) is 0 Å². The van der Waals surface area contributed by atoms with Crippen LogP contribution in [0.3, 0.4) is 0 Å². The number of likely N-dealkylation sites (tertiary alicyclic amines) is 1. The molecule has 0 aromatic rings. The van der Waals surface area contributed by atoms with E-state index < -0.39 is 0 Å². The second kappa shape index (κ2) is 6.71. The van der Waals surface area contributed by atoms with Gasteiger partial charge in [0.1, 0.15) is 0 Å². The van der Waals surface area contributed by atoms with Gasteiger partial charge in [-0.15, -0.1) is 0 Å². The van der Waals surface area contributed by atoms with Crippen LogP contribution in [-0.2, 0) is 4.79 Å². The standard InChI is InChI=1S/C15H29N3O/c1-12(2)11-14-15(19)18(13(3)16-14)10-6-9-17-7-4-5-8-17/h12-14,16H,4-11H2,1-3H3. The van der Waals surface area contributed by atoms with Gasteiger partial charge in [0, 0.05) is 6.54 Å². The summed E-state index contributed by atoms with van der Waals surface area (Å²) in [6.45, 7) is 11.0. The minimum Gasteiger partial charge on any atom is -0.326 e. The average molecular weight is 267 g/mol. The van der Waals surface area contributed by atoms with Crippen LogP contribution in [0.15, 0.2) is 0 Å². The SMILES string of the molecule is CC(C)CC1NC(C)N(CCCN2CCCC2)C1=O. The molecule has 0 aliphatic carbocycles. The molecule has 0 bridgehead atoms. The normalized spacial score (nSPS) is 28.8. The second-order valence-corrected chi connectivity index (χ2v) is 6.46. The minimum atomic E-state index is 0.0433. The molecule has 19 heavy (non-hydrogen) atoms. The first-order chi connectivity index (χ1) is 9.08. The van der Waals surface area contributed by atoms with Gasteiger partial charge in [-0.2, -0.15) is 0 Å². The predicted octanol–water partition coefficient (Wildman–Crippen LogP) is 1.66. The largest absolute Gasteiger partial charge is 0.326 e. The van der Waals surface area contributed by atoms with E-state index >= 15 is 0 Å². The number of nitrogens with zero attached hydrogens (tertiary/aromatic N) is 2. The molecule has 0 saturated carbocycles. The topological polar surface area (TPSA) is 35.6 Å². The summed E-state index contributed by atoms with van der Waals surface area (Å²) in [7, 11) is 0. The Labute approximate surface area is 117 Å². The Balaban J connectivity index is 1.74. The van der Waals surface area contributed by atoms with E-state index in [0.717, 1.165) is 25.9 Å². The lowest BCUT2D eigenvalue weighted by Crippen LogP contribution is -2.36. The van der Waals surface area contributed by atoms with Gasteiger partial charge in [0.05, 0.1) is 12.2 Å². The molecule has 2 fully saturated rings. The van der Waals surface area contributed by atoms with Crippen molar-refractivity contribution in [3.63, 3.8) is 0 Å². The number of amides is 1. The van der Waals surface area contributed by atoms with E-state index in [2.05, 4.69) is 31.0 Å². The van der Waals surface area contributed by atoms with Crippen LogP contribution in [0.2, 0.25) is 0 Å². The van der Waals surface area contributed by atoms with E-state index in [0.29, 0.717) is 11.8 Å². The maximum Gasteiger partial charge on any atom is 0.241 e. The molecule has 0 radical (unpaired) electrons. The first-order valence-corrected chi connectivity index (χ1v) is 7.87. The van der Waals surface area contributed by atoms with Crippen molar-refractivity contribution in [2.45, 2.75) is 58.7 Å². The number of carbonyl (C=O) groups excluding carboxylic acids is 1. The summed E-state index contributed by atoms with van der Waals surface area (Å²) in [5.41, 5.74) is 0. The van der Waals surface area contributed by atoms with Gasteiger partial charge in [0.2, 0.25) is 5.91 Å². The van der Waals surface area contributed by atoms with E-state index in [9.17, 15) is 4.79 Å². The van der Waals surface area contributed by atoms with E-state index in [4.69, 9.17) is 0 Å². The fourth-order valence-electron chi connectivity index (χ4n) is 3.26. The van der Waals surface area contributed by atoms with Crippen molar-refractivity contribution in [2.75, 3.05) is 26.2 Å². The summed E-state index contributed by atoms with van der Waals surface area (Å²) in [4.78, 5) is 16.9. The van der Waals surface area contributed by atoms with Crippen LogP contribution in [0.1, 0.15) is 46.5 Å². The van der Waals surface area contributed by atoms with E-state index in [-0.39, 0.29) is 12.2 Å². The highest BCUT2D eigenvalue weighted by Gasteiger charge is 2.35. The van der Waals surface area contributed by atoms with Gasteiger partial charge in [-0.3, -0.25) is 10.1 Å². The lowest BCUT2D eigenvalue weighted by molar-refractivity contribution is -0.130. The Kier molecular flexibility index (Phi) is 5.22. The molecule has 2 aliphatic rings. The number of nitrogens with one attached hydrogen (secondary N) is 1. The van der Waals surface area contributed by atoms with E-state index in [1.165, 1.54) is 25.9 Å². The highest BCUT2D eigenvalue weighted by atomic mass is 16.2. The third kappa shape index (κ3) is 3.93. The monoisotopic (exact) mass is 267 g/mol. The van der Waals surface area contributed by atoms with Crippen LogP contribution in [0.5, 0.6) is 0 Å². The predicted molar refractivity (Wildman–Crippen MR) is 77.8 cm³/mol. The molecule has 0 aromatic heterocycles. The third-order valence-corrected chi connectivity index (χ3v) is 4.27. The molecular formula is C15H29N3O. The molecule has 2 unspecified atom stereocenters. The summed E-state index contributed by atoms with van der Waals surface area (Å²) in [6.07, 6.45) is 4.95. The van der Waals surface area contributed by atoms with Gasteiger partial charge in [-0.05, 0) is 58.2 Å². The lowest BCUT2D eigenvalue weighted by atomic mass is 10.0. The smallest absolute Gasteiger partial charge is 0.241 e. The van der Waals surface area contributed by atoms with Crippen molar-refractivity contribution < 1.29 is 4.79 Å². The van der Waals surface area contributed by atoms with Crippen LogP contribution < -0.4 is 5.32 Å². The van der Waals surface area contributed by atoms with Gasteiger partial charge in [-0.1, -0.05) is 13.8 Å². The zero-order valence-corrected chi connectivity index (χ0v) is 12.7. The molecule has 2 saturated heterocycles. The lowest BCUT2D eigenvalue weighted by Gasteiger charge is -2.22. The summed E-state index contributed by atoms with van der Waals surface area (Å²) < 4.78 is 0. The molecule has 1 N–H and O–H groups in total. The van der Waals surface area contributed by atoms with Crippen molar-refractivity contribution in [1.82, 2.24) is 15.1 Å². The Bertz CT molecular complexity index is 300. The van der Waals surface area contributed by atoms with E-state index in [1.54, 1.807) is 0 Å². The molecular weight excluding hydrogens is 238 g/mol. The van der Waals surface area contributed by atoms with Crippen LogP contribution in [0.25, 0.3) is 0 Å². The van der Waals surface area contributed by atoms with Crippen LogP contribution >= 0.6 is 0 Å². The third-order valence-electron chi connectivity index (χ3n) is 4.27. The molecule has 2 aliphatic heterocycles. The summed E-state index contributed by atoms with van der Waals surface area (Å²) in [5.74, 6) is 0.876. The van der Waals surface area contributed by atoms with Crippen LogP contribution in [-0.4, -0.2) is 54.1 Å². The number of rotatable bonds is 6. The van der Waals surface area contributed by atoms with Crippen molar-refractivity contribution >= 4 is 5.91 Å². The van der Waals surface area contributed by atoms with Gasteiger partial charge >= 0.3 is 0 Å². The van der Waals surface area contributed by atoms with Gasteiger partial charge in [0.25, 0.3) is 0 Å². The zero-order chi connectivity index (χ0) is 13.8. The van der Waals surface area contributed by atoms with Gasteiger partial charge in [0.15, 0.2) is 0 Å². The first kappa shape index (κ1) is 14.8. The highest BCUT2D eigenvalue weighted by Crippen LogP contribution is 2.17. The molecule has 110 valence electrons. The highest BCUT2D eigenvalue weighted by molar-refractivity contribution is 5.84. The second-order valence-electron chi connectivity index (χ2n) is 6.46. The van der Waals surface area contributed by atoms with Gasteiger partial charge < -0.3 is 9.80 Å². The summed E-state index contributed by atoms with van der Waals surface area (Å²) >= 11 is 0. The molecule has 0 aromatic carbocycles. The van der Waals surface area contributed by atoms with Gasteiger partial charge in [-0.25, -0.2) is 0 Å². The Hall–Kier alpha value is -0.610. The van der Waals surface area contributed by atoms with Crippen molar-refractivity contribution in [3.8, 4) is 0 Å². The van der Waals surface area contributed by atoms with Crippen molar-refractivity contribution in [2.24, 2.45) is 5.92 Å². The van der Waals surface area contributed by atoms with Crippen LogP contribution in [0, 0.1) is 5.92 Å². The summed E-state index contributed by atoms with van der Waals surface area (Å²) in [6, 6.07) is 0.0433. The Morgan fingerprint density at radius 2 is 1.95 bits per heavy atom. The van der Waals surface area contributed by atoms with Crippen molar-refractivity contribution in [3.05, 3.63) is 0 Å². The molecule has 4 nitrogen and oxygen atoms in total. The minimum absolute atomic E-state index is 0.0433. The molecule has 2 rings (SSSR count).